The lowest BCUT2D eigenvalue weighted by molar-refractivity contribution is -0.579. The molecule has 10 heavy (non-hydrogen) atoms. The molecule has 5 nitrogen and oxygen atoms in total. The molecule has 0 N–H and O–H groups in total. The summed E-state index contributed by atoms with van der Waals surface area (Å²) < 4.78 is 6.14. The molecular formula is C4H7ClN2O3. The first-order valence-electron chi connectivity index (χ1n) is 2.86. The Morgan fingerprint density at radius 1 is 1.80 bits per heavy atom. The van der Waals surface area contributed by atoms with E-state index in [4.69, 9.17) is 16.5 Å². The van der Waals surface area contributed by atoms with Gasteiger partial charge in [-0.3, -0.25) is 10.1 Å². The zero-order chi connectivity index (χ0) is 7.56. The molecule has 1 atom stereocenters. The summed E-state index contributed by atoms with van der Waals surface area (Å²) in [6.45, 7) is 1.04. The van der Waals surface area contributed by atoms with Gasteiger partial charge in [-0.2, -0.15) is 0 Å². The Kier molecular flexibility index (Phi) is 2.42. The maximum Gasteiger partial charge on any atom is 0.329 e. The summed E-state index contributed by atoms with van der Waals surface area (Å²) in [5, 5.41) is 10.1. The highest BCUT2D eigenvalue weighted by Gasteiger charge is 2.27. The molecule has 0 aliphatic carbocycles. The second-order valence-electron chi connectivity index (χ2n) is 1.98. The third-order valence-corrected chi connectivity index (χ3v) is 1.54. The number of hydrogen-bond acceptors (Lipinski definition) is 4. The van der Waals surface area contributed by atoms with Crippen molar-refractivity contribution in [1.29, 1.82) is 0 Å². The number of nitro groups is 1. The Bertz CT molecular complexity index is 142. The van der Waals surface area contributed by atoms with Crippen LogP contribution < -0.4 is 0 Å². The predicted molar refractivity (Wildman–Crippen MR) is 34.2 cm³/mol. The number of rotatable bonds is 1. The van der Waals surface area contributed by atoms with Gasteiger partial charge in [0.2, 0.25) is 0 Å². The molecular weight excluding hydrogens is 160 g/mol. The minimum Gasteiger partial charge on any atom is -0.315 e. The summed E-state index contributed by atoms with van der Waals surface area (Å²) >= 11 is 5.50. The van der Waals surface area contributed by atoms with E-state index in [0.29, 0.717) is 13.2 Å². The van der Waals surface area contributed by atoms with E-state index in [1.54, 1.807) is 0 Å². The van der Waals surface area contributed by atoms with Crippen molar-refractivity contribution >= 4 is 11.8 Å². The van der Waals surface area contributed by atoms with Crippen molar-refractivity contribution in [1.82, 2.24) is 4.42 Å². The molecule has 0 bridgehead atoms. The third kappa shape index (κ3) is 1.80. The normalized spacial score (nSPS) is 28.3. The van der Waals surface area contributed by atoms with Gasteiger partial charge < -0.3 is 4.74 Å². The van der Waals surface area contributed by atoms with Crippen LogP contribution in [0.5, 0.6) is 0 Å². The standard InChI is InChI=1S/C4H7ClN2O3/c5-6-1-2-10-4(3-6)7(8)9/h4H,1-3H2. The first-order valence-corrected chi connectivity index (χ1v) is 3.20. The van der Waals surface area contributed by atoms with Crippen LogP contribution >= 0.6 is 11.8 Å². The SMILES string of the molecule is O=[N+]([O-])C1CN(Cl)CCO1. The molecule has 1 fully saturated rings. The van der Waals surface area contributed by atoms with Crippen LogP contribution in [0.1, 0.15) is 0 Å². The summed E-state index contributed by atoms with van der Waals surface area (Å²) in [4.78, 5) is 9.62. The van der Waals surface area contributed by atoms with E-state index >= 15 is 0 Å². The van der Waals surface area contributed by atoms with Crippen molar-refractivity contribution in [2.24, 2.45) is 0 Å². The number of hydrogen-bond donors (Lipinski definition) is 0. The Balaban J connectivity index is 2.39. The molecule has 6 heteroatoms. The fraction of sp³-hybridized carbons (Fsp3) is 1.00. The van der Waals surface area contributed by atoms with Crippen molar-refractivity contribution in [3.8, 4) is 0 Å². The van der Waals surface area contributed by atoms with Crippen LogP contribution in [0.2, 0.25) is 0 Å². The third-order valence-electron chi connectivity index (χ3n) is 1.23. The monoisotopic (exact) mass is 166 g/mol. The summed E-state index contributed by atoms with van der Waals surface area (Å²) in [5.41, 5.74) is 0. The molecule has 1 aliphatic rings. The fourth-order valence-corrected chi connectivity index (χ4v) is 0.916. The lowest BCUT2D eigenvalue weighted by atomic mass is 10.5. The molecule has 0 amide bonds. The molecule has 1 heterocycles. The van der Waals surface area contributed by atoms with Crippen molar-refractivity contribution < 1.29 is 9.66 Å². The van der Waals surface area contributed by atoms with Crippen LogP contribution in [0, 0.1) is 10.1 Å². The number of nitrogens with zero attached hydrogens (tertiary/aromatic N) is 2. The lowest BCUT2D eigenvalue weighted by Crippen LogP contribution is -2.41. The zero-order valence-electron chi connectivity index (χ0n) is 5.20. The van der Waals surface area contributed by atoms with Gasteiger partial charge in [0.1, 0.15) is 6.54 Å². The topological polar surface area (TPSA) is 55.6 Å². The van der Waals surface area contributed by atoms with E-state index in [0.717, 1.165) is 0 Å². The summed E-state index contributed by atoms with van der Waals surface area (Å²) in [6.07, 6.45) is -0.953. The highest BCUT2D eigenvalue weighted by Crippen LogP contribution is 2.06. The second kappa shape index (κ2) is 3.14. The number of halogens is 1. The largest absolute Gasteiger partial charge is 0.329 e. The fourth-order valence-electron chi connectivity index (χ4n) is 0.729. The van der Waals surface area contributed by atoms with Crippen LogP contribution in [0.15, 0.2) is 0 Å². The van der Waals surface area contributed by atoms with Gasteiger partial charge in [0.15, 0.2) is 0 Å². The Labute approximate surface area is 62.8 Å². The summed E-state index contributed by atoms with van der Waals surface area (Å²) in [6, 6.07) is 0. The van der Waals surface area contributed by atoms with Gasteiger partial charge in [-0.05, 0) is 11.8 Å². The van der Waals surface area contributed by atoms with Crippen molar-refractivity contribution in [3.63, 3.8) is 0 Å². The molecule has 0 aromatic heterocycles. The van der Waals surface area contributed by atoms with E-state index in [1.807, 2.05) is 0 Å². The van der Waals surface area contributed by atoms with Gasteiger partial charge in [-0.25, -0.2) is 4.42 Å². The zero-order valence-corrected chi connectivity index (χ0v) is 5.95. The van der Waals surface area contributed by atoms with Gasteiger partial charge in [0.05, 0.1) is 11.5 Å². The van der Waals surface area contributed by atoms with E-state index in [9.17, 15) is 10.1 Å². The maximum absolute atomic E-state index is 10.1. The summed E-state index contributed by atoms with van der Waals surface area (Å²) in [5.74, 6) is 0. The molecule has 1 aliphatic heterocycles. The Morgan fingerprint density at radius 2 is 2.50 bits per heavy atom. The Hall–Kier alpha value is -0.390. The summed E-state index contributed by atoms with van der Waals surface area (Å²) in [7, 11) is 0. The predicted octanol–water partition coefficient (Wildman–Crippen LogP) is 0.0752. The smallest absolute Gasteiger partial charge is 0.315 e. The highest BCUT2D eigenvalue weighted by atomic mass is 35.5. The molecule has 1 unspecified atom stereocenters. The number of ether oxygens (including phenoxy) is 1. The van der Waals surface area contributed by atoms with Gasteiger partial charge in [-0.15, -0.1) is 0 Å². The molecule has 1 rings (SSSR count). The average Bonchev–Trinajstić information content (AvgIpc) is 1.88. The molecule has 58 valence electrons. The average molecular weight is 167 g/mol. The molecule has 0 spiro atoms. The molecule has 1 saturated heterocycles. The van der Waals surface area contributed by atoms with Gasteiger partial charge in [0, 0.05) is 6.54 Å². The first-order chi connectivity index (χ1) is 4.70. The van der Waals surface area contributed by atoms with Gasteiger partial charge in [-0.1, -0.05) is 0 Å². The lowest BCUT2D eigenvalue weighted by Gasteiger charge is -2.21. The van der Waals surface area contributed by atoms with Crippen molar-refractivity contribution in [2.75, 3.05) is 19.7 Å². The van der Waals surface area contributed by atoms with Crippen molar-refractivity contribution in [3.05, 3.63) is 10.1 Å². The minimum atomic E-state index is -0.953. The van der Waals surface area contributed by atoms with Crippen LogP contribution in [0.25, 0.3) is 0 Å². The van der Waals surface area contributed by atoms with Crippen LogP contribution in [0.3, 0.4) is 0 Å². The van der Waals surface area contributed by atoms with E-state index in [-0.39, 0.29) is 6.54 Å². The second-order valence-corrected chi connectivity index (χ2v) is 2.46. The van der Waals surface area contributed by atoms with Gasteiger partial charge in [0.25, 0.3) is 0 Å². The van der Waals surface area contributed by atoms with E-state index in [2.05, 4.69) is 0 Å². The quantitative estimate of drug-likeness (QED) is 0.314. The molecule has 0 saturated carbocycles. The molecule has 0 aromatic rings. The Morgan fingerprint density at radius 3 is 2.90 bits per heavy atom. The highest BCUT2D eigenvalue weighted by molar-refractivity contribution is 6.13. The van der Waals surface area contributed by atoms with E-state index < -0.39 is 11.2 Å². The van der Waals surface area contributed by atoms with Crippen LogP contribution in [-0.4, -0.2) is 35.3 Å². The van der Waals surface area contributed by atoms with Crippen LogP contribution in [-0.2, 0) is 4.74 Å². The van der Waals surface area contributed by atoms with E-state index in [1.165, 1.54) is 4.42 Å². The van der Waals surface area contributed by atoms with Crippen molar-refractivity contribution in [2.45, 2.75) is 6.23 Å². The molecule has 0 radical (unpaired) electrons. The maximum atomic E-state index is 10.1. The van der Waals surface area contributed by atoms with Gasteiger partial charge >= 0.3 is 6.23 Å². The number of morpholine rings is 1. The minimum absolute atomic E-state index is 0.161. The first kappa shape index (κ1) is 7.71. The van der Waals surface area contributed by atoms with Crippen LogP contribution in [0.4, 0.5) is 0 Å². The molecule has 0 aromatic carbocycles.